The third-order valence-corrected chi connectivity index (χ3v) is 3.17. The van der Waals surface area contributed by atoms with E-state index in [-0.39, 0.29) is 31.0 Å². The van der Waals surface area contributed by atoms with E-state index in [9.17, 15) is 18.8 Å². The van der Waals surface area contributed by atoms with Gasteiger partial charge in [0.25, 0.3) is 5.91 Å². The number of benzene rings is 1. The van der Waals surface area contributed by atoms with Gasteiger partial charge in [-0.1, -0.05) is 5.16 Å². The van der Waals surface area contributed by atoms with Crippen molar-refractivity contribution in [3.05, 3.63) is 41.9 Å². The van der Waals surface area contributed by atoms with Gasteiger partial charge in [-0.25, -0.2) is 4.39 Å². The smallest absolute Gasteiger partial charge is 0.306 e. The van der Waals surface area contributed by atoms with Crippen molar-refractivity contribution in [1.82, 2.24) is 5.16 Å². The van der Waals surface area contributed by atoms with E-state index in [1.165, 1.54) is 30.3 Å². The minimum atomic E-state index is -0.592. The number of esters is 1. The molecular weight excluding hydrogens is 345 g/mol. The summed E-state index contributed by atoms with van der Waals surface area (Å²) in [4.78, 5) is 34.9. The number of carbonyl (C=O) groups excluding carboxylic acids is 3. The fraction of sp³-hybridized carbons (Fsp3) is 0.294. The summed E-state index contributed by atoms with van der Waals surface area (Å²) in [6.45, 7) is 1.22. The lowest BCUT2D eigenvalue weighted by Crippen LogP contribution is -2.21. The van der Waals surface area contributed by atoms with E-state index in [1.54, 1.807) is 6.92 Å². The Bertz CT molecular complexity index is 773. The van der Waals surface area contributed by atoms with Crippen LogP contribution in [0.4, 0.5) is 15.9 Å². The maximum Gasteiger partial charge on any atom is 0.306 e. The molecule has 0 spiro atoms. The van der Waals surface area contributed by atoms with Gasteiger partial charge in [0, 0.05) is 24.6 Å². The molecule has 1 heterocycles. The second-order valence-electron chi connectivity index (χ2n) is 5.44. The Morgan fingerprint density at radius 1 is 1.12 bits per heavy atom. The Balaban J connectivity index is 1.60. The molecule has 8 nitrogen and oxygen atoms in total. The van der Waals surface area contributed by atoms with Gasteiger partial charge in [0.2, 0.25) is 5.91 Å². The minimum absolute atomic E-state index is 0.00676. The highest BCUT2D eigenvalue weighted by atomic mass is 19.1. The molecule has 0 radical (unpaired) electrons. The lowest BCUT2D eigenvalue weighted by Gasteiger charge is -2.06. The second kappa shape index (κ2) is 9.30. The Kier molecular flexibility index (Phi) is 6.84. The van der Waals surface area contributed by atoms with Gasteiger partial charge in [0.05, 0.1) is 0 Å². The van der Waals surface area contributed by atoms with Crippen molar-refractivity contribution in [3.8, 4) is 0 Å². The van der Waals surface area contributed by atoms with Crippen LogP contribution in [0.5, 0.6) is 0 Å². The number of halogens is 1. The van der Waals surface area contributed by atoms with E-state index in [1.807, 2.05) is 0 Å². The molecule has 2 amide bonds. The normalized spacial score (nSPS) is 10.2. The zero-order chi connectivity index (χ0) is 18.9. The van der Waals surface area contributed by atoms with Gasteiger partial charge in [-0.2, -0.15) is 0 Å². The first-order valence-corrected chi connectivity index (χ1v) is 7.86. The predicted octanol–water partition coefficient (Wildman–Crippen LogP) is 2.41. The molecule has 0 aliphatic rings. The fourth-order valence-electron chi connectivity index (χ4n) is 1.97. The molecule has 2 N–H and O–H groups in total. The number of aryl methyl sites for hydroxylation is 1. The van der Waals surface area contributed by atoms with Gasteiger partial charge in [0.15, 0.2) is 12.4 Å². The van der Waals surface area contributed by atoms with Gasteiger partial charge in [-0.05, 0) is 37.6 Å². The van der Waals surface area contributed by atoms with Crippen LogP contribution < -0.4 is 10.6 Å². The standard InChI is InChI=1S/C17H18FN3O5/c1-11-9-14(21-26-11)20-16(23)10-25-17(24)4-2-3-15(22)19-13-7-5-12(18)6-8-13/h5-9H,2-4,10H2,1H3,(H,19,22)(H,20,21,23). The highest BCUT2D eigenvalue weighted by Crippen LogP contribution is 2.10. The predicted molar refractivity (Wildman–Crippen MR) is 89.7 cm³/mol. The Hall–Kier alpha value is -3.23. The fourth-order valence-corrected chi connectivity index (χ4v) is 1.97. The number of nitrogens with zero attached hydrogens (tertiary/aromatic N) is 1. The number of carbonyl (C=O) groups is 3. The highest BCUT2D eigenvalue weighted by Gasteiger charge is 2.11. The molecule has 1 aromatic heterocycles. The van der Waals surface area contributed by atoms with Gasteiger partial charge in [0.1, 0.15) is 11.6 Å². The number of hydrogen-bond acceptors (Lipinski definition) is 6. The van der Waals surface area contributed by atoms with Crippen LogP contribution >= 0.6 is 0 Å². The number of anilines is 2. The summed E-state index contributed by atoms with van der Waals surface area (Å²) in [7, 11) is 0. The topological polar surface area (TPSA) is 111 Å². The van der Waals surface area contributed by atoms with Crippen molar-refractivity contribution < 1.29 is 28.0 Å². The lowest BCUT2D eigenvalue weighted by molar-refractivity contribution is -0.147. The van der Waals surface area contributed by atoms with Crippen molar-refractivity contribution in [2.75, 3.05) is 17.2 Å². The molecule has 0 aliphatic carbocycles. The number of nitrogens with one attached hydrogen (secondary N) is 2. The van der Waals surface area contributed by atoms with Gasteiger partial charge >= 0.3 is 5.97 Å². The molecule has 26 heavy (non-hydrogen) atoms. The molecule has 0 saturated carbocycles. The van der Waals surface area contributed by atoms with E-state index in [0.717, 1.165) is 0 Å². The van der Waals surface area contributed by atoms with E-state index >= 15 is 0 Å². The lowest BCUT2D eigenvalue weighted by atomic mass is 10.2. The van der Waals surface area contributed by atoms with Crippen molar-refractivity contribution in [2.45, 2.75) is 26.2 Å². The molecule has 9 heteroatoms. The molecule has 138 valence electrons. The van der Waals surface area contributed by atoms with Gasteiger partial charge in [-0.15, -0.1) is 0 Å². The summed E-state index contributed by atoms with van der Waals surface area (Å²) in [6, 6.07) is 6.88. The number of amides is 2. The summed E-state index contributed by atoms with van der Waals surface area (Å²) in [5.74, 6) is -1.05. The summed E-state index contributed by atoms with van der Waals surface area (Å²) < 4.78 is 22.4. The van der Waals surface area contributed by atoms with Crippen LogP contribution in [0, 0.1) is 12.7 Å². The van der Waals surface area contributed by atoms with Gasteiger partial charge < -0.3 is 19.9 Å². The Morgan fingerprint density at radius 3 is 2.50 bits per heavy atom. The van der Waals surface area contributed by atoms with Crippen LogP contribution in [0.1, 0.15) is 25.0 Å². The molecule has 0 aliphatic heterocycles. The molecule has 2 aromatic rings. The second-order valence-corrected chi connectivity index (χ2v) is 5.44. The van der Waals surface area contributed by atoms with Crippen LogP contribution in [0.25, 0.3) is 0 Å². The number of ether oxygens (including phenoxy) is 1. The van der Waals surface area contributed by atoms with Crippen molar-refractivity contribution in [3.63, 3.8) is 0 Å². The van der Waals surface area contributed by atoms with Crippen LogP contribution in [0.3, 0.4) is 0 Å². The molecule has 2 rings (SSSR count). The SMILES string of the molecule is Cc1cc(NC(=O)COC(=O)CCCC(=O)Nc2ccc(F)cc2)no1. The first-order chi connectivity index (χ1) is 12.4. The van der Waals surface area contributed by atoms with E-state index < -0.39 is 24.3 Å². The quantitative estimate of drug-likeness (QED) is 0.697. The summed E-state index contributed by atoms with van der Waals surface area (Å²) in [5.41, 5.74) is 0.471. The first kappa shape index (κ1) is 19.1. The zero-order valence-corrected chi connectivity index (χ0v) is 14.1. The molecular formula is C17H18FN3O5. The number of aromatic nitrogens is 1. The van der Waals surface area contributed by atoms with Crippen molar-refractivity contribution in [2.24, 2.45) is 0 Å². The molecule has 1 aromatic carbocycles. The highest BCUT2D eigenvalue weighted by molar-refractivity contribution is 5.92. The molecule has 0 unspecified atom stereocenters. The minimum Gasteiger partial charge on any atom is -0.456 e. The first-order valence-electron chi connectivity index (χ1n) is 7.86. The van der Waals surface area contributed by atoms with Crippen LogP contribution in [0.2, 0.25) is 0 Å². The Labute approximate surface area is 148 Å². The third-order valence-electron chi connectivity index (χ3n) is 3.17. The van der Waals surface area contributed by atoms with Crippen molar-refractivity contribution >= 4 is 29.3 Å². The summed E-state index contributed by atoms with van der Waals surface area (Å²) >= 11 is 0. The summed E-state index contributed by atoms with van der Waals surface area (Å²) in [6.07, 6.45) is 0.347. The van der Waals surface area contributed by atoms with E-state index in [2.05, 4.69) is 15.8 Å². The summed E-state index contributed by atoms with van der Waals surface area (Å²) in [5, 5.41) is 8.57. The average molecular weight is 363 g/mol. The monoisotopic (exact) mass is 363 g/mol. The van der Waals surface area contributed by atoms with Crippen LogP contribution in [0.15, 0.2) is 34.9 Å². The zero-order valence-electron chi connectivity index (χ0n) is 14.1. The number of hydrogen-bond donors (Lipinski definition) is 2. The molecule has 0 fully saturated rings. The largest absolute Gasteiger partial charge is 0.456 e. The van der Waals surface area contributed by atoms with E-state index in [0.29, 0.717) is 11.4 Å². The average Bonchev–Trinajstić information content (AvgIpc) is 3.00. The molecule has 0 atom stereocenters. The van der Waals surface area contributed by atoms with Crippen LogP contribution in [-0.4, -0.2) is 29.5 Å². The maximum absolute atomic E-state index is 12.8. The molecule has 0 saturated heterocycles. The van der Waals surface area contributed by atoms with Crippen molar-refractivity contribution in [1.29, 1.82) is 0 Å². The molecule has 0 bridgehead atoms. The van der Waals surface area contributed by atoms with Crippen LogP contribution in [-0.2, 0) is 19.1 Å². The Morgan fingerprint density at radius 2 is 1.85 bits per heavy atom. The van der Waals surface area contributed by atoms with E-state index in [4.69, 9.17) is 9.26 Å². The maximum atomic E-state index is 12.8. The number of rotatable bonds is 8. The third kappa shape index (κ3) is 6.71. The van der Waals surface area contributed by atoms with Gasteiger partial charge in [-0.3, -0.25) is 14.4 Å².